The van der Waals surface area contributed by atoms with Gasteiger partial charge in [0.05, 0.1) is 25.4 Å². The Morgan fingerprint density at radius 1 is 1.16 bits per heavy atom. The molecule has 0 heterocycles. The molecule has 1 unspecified atom stereocenters. The molecule has 3 nitrogen and oxygen atoms in total. The van der Waals surface area contributed by atoms with E-state index in [1.807, 2.05) is 18.2 Å². The first-order valence-corrected chi connectivity index (χ1v) is 6.01. The molecule has 0 fully saturated rings. The molecule has 2 aromatic rings. The number of hydrogen-bond acceptors (Lipinski definition) is 3. The van der Waals surface area contributed by atoms with Gasteiger partial charge in [-0.3, -0.25) is 0 Å². The van der Waals surface area contributed by atoms with Crippen LogP contribution in [-0.4, -0.2) is 18.8 Å². The molecule has 2 rings (SSSR count). The van der Waals surface area contributed by atoms with Crippen LogP contribution in [0, 0.1) is 5.82 Å². The SMILES string of the molecule is COc1ccccc1NC(CO)c1ccccc1F. The van der Waals surface area contributed by atoms with E-state index >= 15 is 0 Å². The highest BCUT2D eigenvalue weighted by Crippen LogP contribution is 2.28. The molecule has 0 saturated heterocycles. The van der Waals surface area contributed by atoms with Gasteiger partial charge in [-0.05, 0) is 18.2 Å². The lowest BCUT2D eigenvalue weighted by atomic mass is 10.1. The maximum Gasteiger partial charge on any atom is 0.141 e. The number of nitrogens with one attached hydrogen (secondary N) is 1. The lowest BCUT2D eigenvalue weighted by molar-refractivity contribution is 0.273. The van der Waals surface area contributed by atoms with Crippen LogP contribution in [0.4, 0.5) is 10.1 Å². The minimum Gasteiger partial charge on any atom is -0.495 e. The van der Waals surface area contributed by atoms with Gasteiger partial charge < -0.3 is 15.2 Å². The van der Waals surface area contributed by atoms with Crippen molar-refractivity contribution in [2.75, 3.05) is 19.0 Å². The molecule has 100 valence electrons. The molecule has 4 heteroatoms. The summed E-state index contributed by atoms with van der Waals surface area (Å²) in [5, 5.41) is 12.5. The maximum absolute atomic E-state index is 13.7. The summed E-state index contributed by atoms with van der Waals surface area (Å²) in [6.45, 7) is -0.209. The molecule has 2 aromatic carbocycles. The van der Waals surface area contributed by atoms with Gasteiger partial charge in [-0.25, -0.2) is 4.39 Å². The Balaban J connectivity index is 2.27. The third-order valence-corrected chi connectivity index (χ3v) is 2.90. The van der Waals surface area contributed by atoms with Crippen LogP contribution >= 0.6 is 0 Å². The molecule has 0 spiro atoms. The largest absolute Gasteiger partial charge is 0.495 e. The van der Waals surface area contributed by atoms with Crippen molar-refractivity contribution >= 4 is 5.69 Å². The topological polar surface area (TPSA) is 41.5 Å². The summed E-state index contributed by atoms with van der Waals surface area (Å²) in [7, 11) is 1.57. The average molecular weight is 261 g/mol. The highest BCUT2D eigenvalue weighted by Gasteiger charge is 2.15. The number of para-hydroxylation sites is 2. The molecule has 0 bridgehead atoms. The fraction of sp³-hybridized carbons (Fsp3) is 0.200. The Morgan fingerprint density at radius 3 is 2.53 bits per heavy atom. The summed E-state index contributed by atoms with van der Waals surface area (Å²) in [6.07, 6.45) is 0. The number of halogens is 1. The monoisotopic (exact) mass is 261 g/mol. The summed E-state index contributed by atoms with van der Waals surface area (Å²) in [6, 6.07) is 13.2. The van der Waals surface area contributed by atoms with E-state index in [-0.39, 0.29) is 12.4 Å². The van der Waals surface area contributed by atoms with E-state index in [1.54, 1.807) is 31.4 Å². The molecule has 0 amide bonds. The van der Waals surface area contributed by atoms with E-state index in [0.717, 1.165) is 0 Å². The summed E-state index contributed by atoms with van der Waals surface area (Å²) in [4.78, 5) is 0. The van der Waals surface area contributed by atoms with E-state index < -0.39 is 6.04 Å². The van der Waals surface area contributed by atoms with Crippen LogP contribution in [0.5, 0.6) is 5.75 Å². The molecule has 19 heavy (non-hydrogen) atoms. The van der Waals surface area contributed by atoms with Crippen LogP contribution in [0.15, 0.2) is 48.5 Å². The molecule has 0 aliphatic carbocycles. The minimum absolute atomic E-state index is 0.209. The zero-order valence-electron chi connectivity index (χ0n) is 10.6. The standard InChI is InChI=1S/C15H16FNO2/c1-19-15-9-5-4-8-13(15)17-14(10-18)11-6-2-3-7-12(11)16/h2-9,14,17-18H,10H2,1H3. The second-order valence-corrected chi connectivity index (χ2v) is 4.10. The quantitative estimate of drug-likeness (QED) is 0.869. The molecule has 0 aliphatic rings. The Bertz CT molecular complexity index is 545. The first kappa shape index (κ1) is 13.4. The molecule has 1 atom stereocenters. The zero-order chi connectivity index (χ0) is 13.7. The van der Waals surface area contributed by atoms with Gasteiger partial charge in [0.25, 0.3) is 0 Å². The Labute approximate surface area is 111 Å². The van der Waals surface area contributed by atoms with Crippen LogP contribution in [-0.2, 0) is 0 Å². The molecule has 0 aliphatic heterocycles. The van der Waals surface area contributed by atoms with E-state index in [1.165, 1.54) is 6.07 Å². The van der Waals surface area contributed by atoms with Crippen LogP contribution in [0.2, 0.25) is 0 Å². The second-order valence-electron chi connectivity index (χ2n) is 4.10. The highest BCUT2D eigenvalue weighted by atomic mass is 19.1. The van der Waals surface area contributed by atoms with Gasteiger partial charge in [0, 0.05) is 5.56 Å². The van der Waals surface area contributed by atoms with Crippen molar-refractivity contribution in [2.45, 2.75) is 6.04 Å². The third kappa shape index (κ3) is 3.03. The van der Waals surface area contributed by atoms with Gasteiger partial charge in [-0.1, -0.05) is 30.3 Å². The molecule has 0 aromatic heterocycles. The number of benzene rings is 2. The summed E-state index contributed by atoms with van der Waals surface area (Å²) in [5.41, 5.74) is 1.14. The van der Waals surface area contributed by atoms with Crippen molar-refractivity contribution in [2.24, 2.45) is 0 Å². The lowest BCUT2D eigenvalue weighted by Crippen LogP contribution is -2.16. The summed E-state index contributed by atoms with van der Waals surface area (Å²) >= 11 is 0. The van der Waals surface area contributed by atoms with Gasteiger partial charge in [-0.15, -0.1) is 0 Å². The van der Waals surface area contributed by atoms with Gasteiger partial charge in [0.1, 0.15) is 11.6 Å². The smallest absolute Gasteiger partial charge is 0.141 e. The average Bonchev–Trinajstić information content (AvgIpc) is 2.46. The summed E-state index contributed by atoms with van der Waals surface area (Å²) < 4.78 is 18.9. The van der Waals surface area contributed by atoms with E-state index in [9.17, 15) is 9.50 Å². The number of rotatable bonds is 5. The normalized spacial score (nSPS) is 11.9. The van der Waals surface area contributed by atoms with Crippen LogP contribution < -0.4 is 10.1 Å². The third-order valence-electron chi connectivity index (χ3n) is 2.90. The van der Waals surface area contributed by atoms with Crippen molar-refractivity contribution in [1.29, 1.82) is 0 Å². The fourth-order valence-electron chi connectivity index (χ4n) is 1.93. The van der Waals surface area contributed by atoms with Crippen LogP contribution in [0.25, 0.3) is 0 Å². The molecular weight excluding hydrogens is 245 g/mol. The molecular formula is C15H16FNO2. The van der Waals surface area contributed by atoms with Crippen molar-refractivity contribution < 1.29 is 14.2 Å². The Kier molecular flexibility index (Phi) is 4.36. The zero-order valence-corrected chi connectivity index (χ0v) is 10.6. The Hall–Kier alpha value is -2.07. The minimum atomic E-state index is -0.516. The van der Waals surface area contributed by atoms with Gasteiger partial charge >= 0.3 is 0 Å². The first-order valence-electron chi connectivity index (χ1n) is 6.01. The fourth-order valence-corrected chi connectivity index (χ4v) is 1.93. The number of ether oxygens (including phenoxy) is 1. The second kappa shape index (κ2) is 6.20. The van der Waals surface area contributed by atoms with Crippen molar-refractivity contribution in [3.8, 4) is 5.75 Å². The van der Waals surface area contributed by atoms with E-state index in [4.69, 9.17) is 4.74 Å². The number of hydrogen-bond donors (Lipinski definition) is 2. The predicted octanol–water partition coefficient (Wildman–Crippen LogP) is 2.98. The van der Waals surface area contributed by atoms with E-state index in [2.05, 4.69) is 5.32 Å². The van der Waals surface area contributed by atoms with Gasteiger partial charge in [0.2, 0.25) is 0 Å². The molecule has 0 saturated carbocycles. The number of aliphatic hydroxyl groups is 1. The van der Waals surface area contributed by atoms with Gasteiger partial charge in [-0.2, -0.15) is 0 Å². The number of anilines is 1. The first-order chi connectivity index (χ1) is 9.26. The summed E-state index contributed by atoms with van der Waals surface area (Å²) in [5.74, 6) is 0.307. The predicted molar refractivity (Wildman–Crippen MR) is 72.8 cm³/mol. The highest BCUT2D eigenvalue weighted by molar-refractivity contribution is 5.57. The lowest BCUT2D eigenvalue weighted by Gasteiger charge is -2.20. The van der Waals surface area contributed by atoms with Crippen LogP contribution in [0.1, 0.15) is 11.6 Å². The van der Waals surface area contributed by atoms with Gasteiger partial charge in [0.15, 0.2) is 0 Å². The van der Waals surface area contributed by atoms with Crippen LogP contribution in [0.3, 0.4) is 0 Å². The Morgan fingerprint density at radius 2 is 1.84 bits per heavy atom. The molecule has 0 radical (unpaired) electrons. The molecule has 2 N–H and O–H groups in total. The van der Waals surface area contributed by atoms with E-state index in [0.29, 0.717) is 17.0 Å². The van der Waals surface area contributed by atoms with Crippen molar-refractivity contribution in [1.82, 2.24) is 0 Å². The number of methoxy groups -OCH3 is 1. The maximum atomic E-state index is 13.7. The van der Waals surface area contributed by atoms with Crippen molar-refractivity contribution in [3.05, 3.63) is 59.9 Å². The van der Waals surface area contributed by atoms with Crippen molar-refractivity contribution in [3.63, 3.8) is 0 Å². The number of aliphatic hydroxyl groups excluding tert-OH is 1.